The molecule has 0 radical (unpaired) electrons. The first-order valence-electron chi connectivity index (χ1n) is 7.66. The molecule has 0 fully saturated rings. The van der Waals surface area contributed by atoms with Gasteiger partial charge in [0.2, 0.25) is 0 Å². The minimum atomic E-state index is -0.211. The molecule has 116 valence electrons. The first-order valence-corrected chi connectivity index (χ1v) is 9.36. The fourth-order valence-electron chi connectivity index (χ4n) is 2.96. The van der Waals surface area contributed by atoms with Crippen molar-refractivity contribution in [3.8, 4) is 6.07 Å². The maximum Gasteiger partial charge on any atom is 0.263 e. The molecule has 6 heteroatoms. The van der Waals surface area contributed by atoms with E-state index in [0.29, 0.717) is 17.6 Å². The van der Waals surface area contributed by atoms with Crippen LogP contribution in [-0.4, -0.2) is 14.8 Å². The second-order valence-electron chi connectivity index (χ2n) is 5.86. The number of nitrogens with zero attached hydrogens (tertiary/aromatic N) is 3. The monoisotopic (exact) mass is 333 g/mol. The Balaban J connectivity index is 2.20. The smallest absolute Gasteiger partial charge is 0.263 e. The Kier molecular flexibility index (Phi) is 4.28. The van der Waals surface area contributed by atoms with E-state index < -0.39 is 0 Å². The molecule has 2 aromatic rings. The Morgan fingerprint density at radius 2 is 2.36 bits per heavy atom. The van der Waals surface area contributed by atoms with Crippen LogP contribution in [0.1, 0.15) is 37.6 Å². The van der Waals surface area contributed by atoms with Crippen LogP contribution in [-0.2, 0) is 19.4 Å². The van der Waals surface area contributed by atoms with E-state index in [4.69, 9.17) is 10.2 Å². The molecule has 4 nitrogen and oxygen atoms in total. The second-order valence-corrected chi connectivity index (χ2v) is 8.26. The maximum atomic E-state index is 12.9. The summed E-state index contributed by atoms with van der Waals surface area (Å²) in [5.74, 6) is 0.682. The van der Waals surface area contributed by atoms with Crippen molar-refractivity contribution in [3.63, 3.8) is 0 Å². The summed E-state index contributed by atoms with van der Waals surface area (Å²) >= 11 is 3.03. The van der Waals surface area contributed by atoms with Crippen molar-refractivity contribution in [1.29, 1.82) is 5.26 Å². The second kappa shape index (κ2) is 6.05. The van der Waals surface area contributed by atoms with Crippen LogP contribution >= 0.6 is 23.1 Å². The fraction of sp³-hybridized carbons (Fsp3) is 0.562. The summed E-state index contributed by atoms with van der Waals surface area (Å²) in [7, 11) is 0. The van der Waals surface area contributed by atoms with Crippen molar-refractivity contribution >= 4 is 33.3 Å². The molecule has 1 aliphatic carbocycles. The van der Waals surface area contributed by atoms with E-state index in [1.54, 1.807) is 15.9 Å². The van der Waals surface area contributed by atoms with Crippen molar-refractivity contribution in [2.24, 2.45) is 5.92 Å². The van der Waals surface area contributed by atoms with Gasteiger partial charge in [0.15, 0.2) is 5.16 Å². The van der Waals surface area contributed by atoms with Crippen LogP contribution in [0.5, 0.6) is 0 Å². The van der Waals surface area contributed by atoms with Gasteiger partial charge in [-0.15, -0.1) is 11.3 Å². The number of aryl methyl sites for hydroxylation is 1. The summed E-state index contributed by atoms with van der Waals surface area (Å²) < 4.78 is 1.71. The van der Waals surface area contributed by atoms with Gasteiger partial charge in [-0.3, -0.25) is 9.36 Å². The molecule has 0 unspecified atom stereocenters. The third kappa shape index (κ3) is 2.57. The highest BCUT2D eigenvalue weighted by atomic mass is 32.2. The summed E-state index contributed by atoms with van der Waals surface area (Å²) in [4.78, 5) is 19.8. The molecule has 2 atom stereocenters. The van der Waals surface area contributed by atoms with Crippen LogP contribution in [0, 0.1) is 17.2 Å². The lowest BCUT2D eigenvalue weighted by Gasteiger charge is -2.17. The van der Waals surface area contributed by atoms with Gasteiger partial charge >= 0.3 is 0 Å². The highest BCUT2D eigenvalue weighted by Gasteiger charge is 2.24. The summed E-state index contributed by atoms with van der Waals surface area (Å²) in [5, 5.41) is 10.3. The van der Waals surface area contributed by atoms with Gasteiger partial charge in [0.05, 0.1) is 16.7 Å². The van der Waals surface area contributed by atoms with Crippen LogP contribution in [0.15, 0.2) is 9.95 Å². The van der Waals surface area contributed by atoms with Gasteiger partial charge in [0.25, 0.3) is 5.56 Å². The van der Waals surface area contributed by atoms with Gasteiger partial charge in [0.1, 0.15) is 4.83 Å². The first kappa shape index (κ1) is 15.6. The van der Waals surface area contributed by atoms with Crippen LogP contribution in [0.2, 0.25) is 0 Å². The molecule has 0 aliphatic heterocycles. The number of thioether (sulfide) groups is 1. The number of fused-ring (bicyclic) bond motifs is 3. The van der Waals surface area contributed by atoms with Crippen LogP contribution in [0.25, 0.3) is 10.2 Å². The highest BCUT2D eigenvalue weighted by Crippen LogP contribution is 2.36. The minimum Gasteiger partial charge on any atom is -0.287 e. The van der Waals surface area contributed by atoms with Crippen LogP contribution < -0.4 is 5.56 Å². The third-order valence-corrected chi connectivity index (χ3v) is 6.29. The van der Waals surface area contributed by atoms with Gasteiger partial charge in [0, 0.05) is 11.4 Å². The molecule has 0 amide bonds. The molecular weight excluding hydrogens is 314 g/mol. The Bertz CT molecular complexity index is 815. The maximum absolute atomic E-state index is 12.9. The Morgan fingerprint density at radius 1 is 1.59 bits per heavy atom. The zero-order valence-corrected chi connectivity index (χ0v) is 14.7. The number of thiophene rings is 1. The lowest BCUT2D eigenvalue weighted by Crippen LogP contribution is -2.23. The topological polar surface area (TPSA) is 58.7 Å². The van der Waals surface area contributed by atoms with Gasteiger partial charge in [-0.05, 0) is 44.6 Å². The number of rotatable bonds is 3. The minimum absolute atomic E-state index is 0.0622. The number of aromatic nitrogens is 2. The standard InChI is InChI=1S/C16H19N3OS2/c1-4-19-15(20)13-11-6-5-9(2)7-12(11)22-14(13)18-16(19)21-10(3)8-17/h9-10H,4-7H2,1-3H3/t9-,10-/m1/s1. The highest BCUT2D eigenvalue weighted by molar-refractivity contribution is 8.00. The molecule has 0 bridgehead atoms. The van der Waals surface area contributed by atoms with E-state index >= 15 is 0 Å². The van der Waals surface area contributed by atoms with Crippen LogP contribution in [0.4, 0.5) is 0 Å². The molecule has 0 spiro atoms. The van der Waals surface area contributed by atoms with E-state index in [2.05, 4.69) is 13.0 Å². The predicted molar refractivity (Wildman–Crippen MR) is 91.7 cm³/mol. The van der Waals surface area contributed by atoms with Crippen LogP contribution in [0.3, 0.4) is 0 Å². The summed E-state index contributed by atoms with van der Waals surface area (Å²) in [5.41, 5.74) is 1.29. The number of hydrogen-bond acceptors (Lipinski definition) is 5. The lowest BCUT2D eigenvalue weighted by molar-refractivity contribution is 0.509. The Labute approximate surface area is 138 Å². The fourth-order valence-corrected chi connectivity index (χ4v) is 5.24. The summed E-state index contributed by atoms with van der Waals surface area (Å²) in [6.07, 6.45) is 3.18. The third-order valence-electron chi connectivity index (χ3n) is 4.16. The van der Waals surface area contributed by atoms with E-state index in [1.165, 1.54) is 22.2 Å². The van der Waals surface area contributed by atoms with Crippen molar-refractivity contribution in [2.45, 2.75) is 57.0 Å². The van der Waals surface area contributed by atoms with Gasteiger partial charge in [-0.1, -0.05) is 18.7 Å². The van der Waals surface area contributed by atoms with Crippen molar-refractivity contribution in [2.75, 3.05) is 0 Å². The molecule has 2 aromatic heterocycles. The van der Waals surface area contributed by atoms with Crippen molar-refractivity contribution in [1.82, 2.24) is 9.55 Å². The van der Waals surface area contributed by atoms with E-state index in [0.717, 1.165) is 29.5 Å². The molecule has 3 rings (SSSR count). The van der Waals surface area contributed by atoms with Crippen molar-refractivity contribution in [3.05, 3.63) is 20.8 Å². The van der Waals surface area contributed by atoms with Crippen molar-refractivity contribution < 1.29 is 0 Å². The Hall–Kier alpha value is -1.32. The molecule has 0 aromatic carbocycles. The zero-order chi connectivity index (χ0) is 15.9. The Morgan fingerprint density at radius 3 is 3.05 bits per heavy atom. The largest absolute Gasteiger partial charge is 0.287 e. The quantitative estimate of drug-likeness (QED) is 0.636. The van der Waals surface area contributed by atoms with Gasteiger partial charge in [-0.25, -0.2) is 4.98 Å². The molecular formula is C16H19N3OS2. The summed E-state index contributed by atoms with van der Waals surface area (Å²) in [6, 6.07) is 2.20. The van der Waals surface area contributed by atoms with E-state index in [9.17, 15) is 4.79 Å². The predicted octanol–water partition coefficient (Wildman–Crippen LogP) is 3.61. The van der Waals surface area contributed by atoms with Gasteiger partial charge < -0.3 is 0 Å². The molecule has 22 heavy (non-hydrogen) atoms. The molecule has 0 saturated heterocycles. The molecule has 0 N–H and O–H groups in total. The number of hydrogen-bond donors (Lipinski definition) is 0. The average molecular weight is 333 g/mol. The lowest BCUT2D eigenvalue weighted by atomic mass is 9.89. The zero-order valence-electron chi connectivity index (χ0n) is 13.0. The number of nitriles is 1. The average Bonchev–Trinajstić information content (AvgIpc) is 2.84. The normalized spacial score (nSPS) is 18.9. The molecule has 0 saturated carbocycles. The van der Waals surface area contributed by atoms with E-state index in [-0.39, 0.29) is 10.8 Å². The van der Waals surface area contributed by atoms with E-state index in [1.807, 2.05) is 13.8 Å². The molecule has 1 aliphatic rings. The van der Waals surface area contributed by atoms with Gasteiger partial charge in [-0.2, -0.15) is 5.26 Å². The SMILES string of the molecule is CCn1c(S[C@H](C)C#N)nc2sc3c(c2c1=O)CC[C@@H](C)C3. The summed E-state index contributed by atoms with van der Waals surface area (Å²) in [6.45, 7) is 6.64. The first-order chi connectivity index (χ1) is 10.5. The molecule has 2 heterocycles.